The molecule has 2 aliphatic rings. The Hall–Kier alpha value is 0.230. The molecule has 2 fully saturated rings. The van der Waals surface area contributed by atoms with Crippen LogP contribution in [0, 0.1) is 0 Å². The second-order valence-electron chi connectivity index (χ2n) is 5.88. The molecule has 106 valence electrons. The fourth-order valence-corrected chi connectivity index (χ4v) is 4.09. The van der Waals surface area contributed by atoms with Crippen molar-refractivity contribution in [3.05, 3.63) is 0 Å². The van der Waals surface area contributed by atoms with Crippen molar-refractivity contribution in [3.63, 3.8) is 0 Å². The van der Waals surface area contributed by atoms with Gasteiger partial charge in [0.2, 0.25) is 0 Å². The largest absolute Gasteiger partial charge is 0.375 e. The van der Waals surface area contributed by atoms with Gasteiger partial charge in [0.05, 0.1) is 17.3 Å². The SMILES string of the molecule is CCC(C)(CN)OC1CCOC2(CCSCC2)C1. The maximum atomic E-state index is 6.29. The number of nitrogens with two attached hydrogens (primary N) is 1. The first-order chi connectivity index (χ1) is 8.61. The third kappa shape index (κ3) is 3.41. The summed E-state index contributed by atoms with van der Waals surface area (Å²) in [6.07, 6.45) is 5.75. The summed E-state index contributed by atoms with van der Waals surface area (Å²) in [6.45, 7) is 5.73. The van der Waals surface area contributed by atoms with Gasteiger partial charge in [0.25, 0.3) is 0 Å². The lowest BCUT2D eigenvalue weighted by Gasteiger charge is -2.45. The topological polar surface area (TPSA) is 44.5 Å². The van der Waals surface area contributed by atoms with Crippen LogP contribution in [0.5, 0.6) is 0 Å². The second-order valence-corrected chi connectivity index (χ2v) is 7.11. The average molecular weight is 273 g/mol. The summed E-state index contributed by atoms with van der Waals surface area (Å²) in [4.78, 5) is 0. The van der Waals surface area contributed by atoms with Gasteiger partial charge in [-0.15, -0.1) is 0 Å². The van der Waals surface area contributed by atoms with Gasteiger partial charge in [0.1, 0.15) is 0 Å². The molecule has 2 unspecified atom stereocenters. The highest BCUT2D eigenvalue weighted by atomic mass is 32.2. The molecule has 2 atom stereocenters. The van der Waals surface area contributed by atoms with Gasteiger partial charge in [-0.25, -0.2) is 0 Å². The summed E-state index contributed by atoms with van der Waals surface area (Å²) in [7, 11) is 0. The first kappa shape index (κ1) is 14.6. The van der Waals surface area contributed by atoms with Crippen LogP contribution in [0.1, 0.15) is 46.0 Å². The molecule has 1 spiro atoms. The Morgan fingerprint density at radius 2 is 2.17 bits per heavy atom. The van der Waals surface area contributed by atoms with Gasteiger partial charge < -0.3 is 15.2 Å². The zero-order valence-electron chi connectivity index (χ0n) is 11.7. The summed E-state index contributed by atoms with van der Waals surface area (Å²) >= 11 is 2.05. The third-order valence-corrected chi connectivity index (χ3v) is 5.47. The minimum absolute atomic E-state index is 0.109. The minimum atomic E-state index is -0.160. The van der Waals surface area contributed by atoms with Gasteiger partial charge in [-0.3, -0.25) is 0 Å². The van der Waals surface area contributed by atoms with Gasteiger partial charge in [-0.1, -0.05) is 6.92 Å². The maximum absolute atomic E-state index is 6.29. The van der Waals surface area contributed by atoms with E-state index in [-0.39, 0.29) is 11.2 Å². The average Bonchev–Trinajstić information content (AvgIpc) is 2.39. The van der Waals surface area contributed by atoms with Crippen molar-refractivity contribution in [1.29, 1.82) is 0 Å². The van der Waals surface area contributed by atoms with E-state index >= 15 is 0 Å². The fourth-order valence-electron chi connectivity index (χ4n) is 2.85. The van der Waals surface area contributed by atoms with Crippen molar-refractivity contribution in [1.82, 2.24) is 0 Å². The van der Waals surface area contributed by atoms with Crippen LogP contribution >= 0.6 is 11.8 Å². The summed E-state index contributed by atoms with van der Waals surface area (Å²) < 4.78 is 12.4. The van der Waals surface area contributed by atoms with Crippen LogP contribution < -0.4 is 5.73 Å². The van der Waals surface area contributed by atoms with Crippen LogP contribution in [0.4, 0.5) is 0 Å². The van der Waals surface area contributed by atoms with Crippen LogP contribution in [-0.4, -0.2) is 42.0 Å². The molecular formula is C14H27NO2S. The Morgan fingerprint density at radius 1 is 1.44 bits per heavy atom. The molecule has 0 aliphatic carbocycles. The first-order valence-corrected chi connectivity index (χ1v) is 8.36. The quantitative estimate of drug-likeness (QED) is 0.855. The van der Waals surface area contributed by atoms with Gasteiger partial charge in [0, 0.05) is 19.6 Å². The normalized spacial score (nSPS) is 31.2. The molecule has 0 aromatic carbocycles. The molecule has 2 N–H and O–H groups in total. The van der Waals surface area contributed by atoms with Crippen molar-refractivity contribution in [2.24, 2.45) is 5.73 Å². The molecule has 0 radical (unpaired) electrons. The van der Waals surface area contributed by atoms with Crippen LogP contribution in [-0.2, 0) is 9.47 Å². The molecule has 0 aromatic heterocycles. The molecule has 2 saturated heterocycles. The van der Waals surface area contributed by atoms with E-state index in [2.05, 4.69) is 13.8 Å². The lowest BCUT2D eigenvalue weighted by molar-refractivity contribution is -0.171. The zero-order valence-corrected chi connectivity index (χ0v) is 12.6. The van der Waals surface area contributed by atoms with Gasteiger partial charge in [0.15, 0.2) is 0 Å². The van der Waals surface area contributed by atoms with E-state index in [4.69, 9.17) is 15.2 Å². The van der Waals surface area contributed by atoms with E-state index in [0.717, 1.165) is 25.9 Å². The van der Waals surface area contributed by atoms with E-state index in [9.17, 15) is 0 Å². The van der Waals surface area contributed by atoms with E-state index < -0.39 is 0 Å². The molecule has 2 heterocycles. The highest BCUT2D eigenvalue weighted by Crippen LogP contribution is 2.39. The van der Waals surface area contributed by atoms with Gasteiger partial charge in [-0.05, 0) is 44.1 Å². The van der Waals surface area contributed by atoms with Crippen molar-refractivity contribution in [3.8, 4) is 0 Å². The molecular weight excluding hydrogens is 246 g/mol. The predicted octanol–water partition coefficient (Wildman–Crippen LogP) is 2.58. The molecule has 2 aliphatic heterocycles. The minimum Gasteiger partial charge on any atom is -0.375 e. The smallest absolute Gasteiger partial charge is 0.0777 e. The van der Waals surface area contributed by atoms with Crippen LogP contribution in [0.15, 0.2) is 0 Å². The highest BCUT2D eigenvalue weighted by molar-refractivity contribution is 7.99. The van der Waals surface area contributed by atoms with Gasteiger partial charge >= 0.3 is 0 Å². The lowest BCUT2D eigenvalue weighted by Crippen LogP contribution is -2.49. The number of rotatable bonds is 4. The Bertz CT molecular complexity index is 257. The van der Waals surface area contributed by atoms with Crippen molar-refractivity contribution < 1.29 is 9.47 Å². The third-order valence-electron chi connectivity index (χ3n) is 4.48. The van der Waals surface area contributed by atoms with Crippen LogP contribution in [0.3, 0.4) is 0 Å². The highest BCUT2D eigenvalue weighted by Gasteiger charge is 2.40. The standard InChI is InChI=1S/C14H27NO2S/c1-3-13(2,11-15)17-12-4-7-16-14(10-12)5-8-18-9-6-14/h12H,3-11,15H2,1-2H3. The predicted molar refractivity (Wildman–Crippen MR) is 77.1 cm³/mol. The van der Waals surface area contributed by atoms with Crippen molar-refractivity contribution in [2.75, 3.05) is 24.7 Å². The molecule has 18 heavy (non-hydrogen) atoms. The van der Waals surface area contributed by atoms with Crippen molar-refractivity contribution in [2.45, 2.75) is 63.3 Å². The Morgan fingerprint density at radius 3 is 2.78 bits per heavy atom. The molecule has 2 rings (SSSR count). The Labute approximate surface area is 115 Å². The molecule has 0 saturated carbocycles. The monoisotopic (exact) mass is 273 g/mol. The number of ether oxygens (including phenoxy) is 2. The Kier molecular flexibility index (Phi) is 4.98. The number of thioether (sulfide) groups is 1. The molecule has 3 nitrogen and oxygen atoms in total. The van der Waals surface area contributed by atoms with E-state index in [0.29, 0.717) is 12.6 Å². The summed E-state index contributed by atoms with van der Waals surface area (Å²) in [5, 5.41) is 0. The number of hydrogen-bond acceptors (Lipinski definition) is 4. The summed E-state index contributed by atoms with van der Waals surface area (Å²) in [6, 6.07) is 0. The summed E-state index contributed by atoms with van der Waals surface area (Å²) in [5.74, 6) is 2.46. The molecule has 0 bridgehead atoms. The van der Waals surface area contributed by atoms with Crippen molar-refractivity contribution >= 4 is 11.8 Å². The van der Waals surface area contributed by atoms with Crippen LogP contribution in [0.25, 0.3) is 0 Å². The van der Waals surface area contributed by atoms with Crippen LogP contribution in [0.2, 0.25) is 0 Å². The fraction of sp³-hybridized carbons (Fsp3) is 1.00. The zero-order chi connectivity index (χ0) is 13.1. The van der Waals surface area contributed by atoms with Gasteiger partial charge in [-0.2, -0.15) is 11.8 Å². The van der Waals surface area contributed by atoms with E-state index in [1.54, 1.807) is 0 Å². The summed E-state index contributed by atoms with van der Waals surface area (Å²) in [5.41, 5.74) is 5.79. The molecule has 4 heteroatoms. The Balaban J connectivity index is 1.94. The molecule has 0 amide bonds. The van der Waals surface area contributed by atoms with E-state index in [1.807, 2.05) is 11.8 Å². The lowest BCUT2D eigenvalue weighted by atomic mass is 9.86. The maximum Gasteiger partial charge on any atom is 0.0777 e. The number of hydrogen-bond donors (Lipinski definition) is 1. The molecule has 0 aromatic rings. The second kappa shape index (κ2) is 6.12. The first-order valence-electron chi connectivity index (χ1n) is 7.21. The van der Waals surface area contributed by atoms with E-state index in [1.165, 1.54) is 24.3 Å².